The fraction of sp³-hybridized carbons (Fsp3) is 0.800. The lowest BCUT2D eigenvalue weighted by Gasteiger charge is -2.02. The van der Waals surface area contributed by atoms with Gasteiger partial charge in [-0.05, 0) is 18.4 Å². The molecule has 0 radical (unpaired) electrons. The Hall–Kier alpha value is -0.220. The van der Waals surface area contributed by atoms with Crippen molar-refractivity contribution >= 4 is 17.7 Å². The smallest absolute Gasteiger partial charge is 0.320 e. The van der Waals surface area contributed by atoms with Crippen LogP contribution in [0, 0.1) is 0 Å². The minimum absolute atomic E-state index is 0.552. The SMILES string of the molecule is C[34S]CC[C@H](N)C(=O)O. The minimum atomic E-state index is -0.913. The quantitative estimate of drug-likeness (QED) is 0.561. The number of carboxylic acid groups (broad SMARTS) is 1. The van der Waals surface area contributed by atoms with Crippen LogP contribution in [0.3, 0.4) is 0 Å². The molecule has 0 rings (SSSR count). The number of hydrogen-bond donors (Lipinski definition) is 2. The molecule has 1 atom stereocenters. The highest BCUT2D eigenvalue weighted by atomic mass is 34.1. The van der Waals surface area contributed by atoms with Crippen molar-refractivity contribution in [1.29, 1.82) is 0 Å². The standard InChI is InChI=1S/C5H11NO2S/c1-9-3-2-4(6)5(7)8/h4H,2-3,6H2,1H3,(H,7,8)/t4-/m0/s1/i9+2. The van der Waals surface area contributed by atoms with Gasteiger partial charge in [0.2, 0.25) is 0 Å². The van der Waals surface area contributed by atoms with Gasteiger partial charge in [-0.3, -0.25) is 4.79 Å². The number of thioether (sulfide) groups is 1. The van der Waals surface area contributed by atoms with Crippen LogP contribution in [0.25, 0.3) is 0 Å². The Morgan fingerprint density at radius 1 is 1.89 bits per heavy atom. The highest BCUT2D eigenvalue weighted by Gasteiger charge is 2.08. The fourth-order valence-corrected chi connectivity index (χ4v) is 0.858. The molecule has 3 nitrogen and oxygen atoms in total. The fourth-order valence-electron chi connectivity index (χ4n) is 0.368. The molecule has 0 unspecified atom stereocenters. The Balaban J connectivity index is 3.27. The van der Waals surface area contributed by atoms with Crippen LogP contribution in [-0.4, -0.2) is 29.1 Å². The van der Waals surface area contributed by atoms with Crippen molar-refractivity contribution in [3.63, 3.8) is 0 Å². The Morgan fingerprint density at radius 2 is 2.44 bits per heavy atom. The number of carboxylic acids is 1. The van der Waals surface area contributed by atoms with Gasteiger partial charge in [-0.2, -0.15) is 11.8 Å². The first-order valence-electron chi connectivity index (χ1n) is 2.65. The first kappa shape index (κ1) is 8.78. The molecule has 0 amide bonds. The summed E-state index contributed by atoms with van der Waals surface area (Å²) in [6, 6.07) is -0.683. The summed E-state index contributed by atoms with van der Waals surface area (Å²) >= 11 is 1.60. The van der Waals surface area contributed by atoms with Gasteiger partial charge >= 0.3 is 5.97 Å². The molecule has 0 heterocycles. The van der Waals surface area contributed by atoms with Gasteiger partial charge in [0, 0.05) is 0 Å². The van der Waals surface area contributed by atoms with E-state index in [1.807, 2.05) is 6.26 Å². The van der Waals surface area contributed by atoms with Crippen molar-refractivity contribution in [2.75, 3.05) is 12.0 Å². The summed E-state index contributed by atoms with van der Waals surface area (Å²) < 4.78 is 0. The van der Waals surface area contributed by atoms with E-state index in [2.05, 4.69) is 0 Å². The van der Waals surface area contributed by atoms with Crippen LogP contribution < -0.4 is 5.73 Å². The Bertz CT molecular complexity index is 97.0. The normalized spacial score (nSPS) is 13.1. The molecular formula is C5H11NO2S. The second-order valence-corrected chi connectivity index (χ2v) is 2.71. The van der Waals surface area contributed by atoms with Crippen LogP contribution >= 0.6 is 11.8 Å². The molecule has 0 aromatic heterocycles. The largest absolute Gasteiger partial charge is 0.480 e. The topological polar surface area (TPSA) is 63.3 Å². The zero-order valence-corrected chi connectivity index (χ0v) is 6.15. The number of nitrogens with two attached hydrogens (primary N) is 1. The Labute approximate surface area is 58.6 Å². The van der Waals surface area contributed by atoms with E-state index in [0.717, 1.165) is 5.75 Å². The summed E-state index contributed by atoms with van der Waals surface area (Å²) in [5.74, 6) is -0.1000. The average Bonchev–Trinajstić information content (AvgIpc) is 1.82. The van der Waals surface area contributed by atoms with Gasteiger partial charge in [-0.25, -0.2) is 0 Å². The van der Waals surface area contributed by atoms with Crippen molar-refractivity contribution in [2.24, 2.45) is 5.73 Å². The van der Waals surface area contributed by atoms with Crippen molar-refractivity contribution in [1.82, 2.24) is 0 Å². The molecule has 0 aliphatic rings. The highest BCUT2D eigenvalue weighted by Crippen LogP contribution is 1.97. The first-order valence-corrected chi connectivity index (χ1v) is 4.05. The summed E-state index contributed by atoms with van der Waals surface area (Å²) in [5, 5.41) is 8.27. The molecule has 0 aromatic carbocycles. The number of aliphatic carboxylic acids is 1. The molecule has 0 saturated carbocycles. The van der Waals surface area contributed by atoms with Crippen LogP contribution in [0.15, 0.2) is 0 Å². The van der Waals surface area contributed by atoms with Crippen LogP contribution in [0.1, 0.15) is 6.42 Å². The van der Waals surface area contributed by atoms with Gasteiger partial charge in [0.1, 0.15) is 6.04 Å². The van der Waals surface area contributed by atoms with Crippen LogP contribution in [-0.2, 0) is 4.79 Å². The van der Waals surface area contributed by atoms with E-state index in [1.165, 1.54) is 0 Å². The molecule has 0 aliphatic carbocycles. The number of hydrogen-bond acceptors (Lipinski definition) is 3. The highest BCUT2D eigenvalue weighted by molar-refractivity contribution is 7.98. The third kappa shape index (κ3) is 4.29. The van der Waals surface area contributed by atoms with E-state index < -0.39 is 12.0 Å². The van der Waals surface area contributed by atoms with Crippen LogP contribution in [0.4, 0.5) is 0 Å². The van der Waals surface area contributed by atoms with E-state index in [0.29, 0.717) is 6.42 Å². The molecule has 0 saturated heterocycles. The molecule has 0 fully saturated rings. The van der Waals surface area contributed by atoms with E-state index in [-0.39, 0.29) is 0 Å². The molecule has 4 heteroatoms. The Kier molecular flexibility index (Phi) is 4.53. The average molecular weight is 151 g/mol. The van der Waals surface area contributed by atoms with Gasteiger partial charge in [0.05, 0.1) is 0 Å². The molecule has 0 aliphatic heterocycles. The summed E-state index contributed by atoms with van der Waals surface area (Å²) in [6.07, 6.45) is 2.48. The first-order chi connectivity index (χ1) is 4.18. The molecule has 3 N–H and O–H groups in total. The van der Waals surface area contributed by atoms with Gasteiger partial charge in [0.25, 0.3) is 0 Å². The molecule has 0 bridgehead atoms. The minimum Gasteiger partial charge on any atom is -0.480 e. The molecule has 9 heavy (non-hydrogen) atoms. The Morgan fingerprint density at radius 3 is 2.78 bits per heavy atom. The maximum absolute atomic E-state index is 10.1. The second-order valence-electron chi connectivity index (χ2n) is 1.73. The zero-order valence-electron chi connectivity index (χ0n) is 5.33. The number of rotatable bonds is 4. The molecular weight excluding hydrogens is 140 g/mol. The number of carbonyl (C=O) groups is 1. The lowest BCUT2D eigenvalue weighted by molar-refractivity contribution is -0.138. The summed E-state index contributed by atoms with van der Waals surface area (Å²) in [5.41, 5.74) is 5.19. The van der Waals surface area contributed by atoms with E-state index in [1.54, 1.807) is 11.8 Å². The molecule has 0 spiro atoms. The second kappa shape index (κ2) is 4.64. The van der Waals surface area contributed by atoms with Gasteiger partial charge in [-0.15, -0.1) is 0 Å². The lowest BCUT2D eigenvalue weighted by Crippen LogP contribution is -2.30. The predicted molar refractivity (Wildman–Crippen MR) is 38.6 cm³/mol. The lowest BCUT2D eigenvalue weighted by atomic mass is 10.2. The van der Waals surface area contributed by atoms with Crippen molar-refractivity contribution in [2.45, 2.75) is 12.5 Å². The summed E-state index contributed by atoms with van der Waals surface area (Å²) in [7, 11) is 0. The maximum atomic E-state index is 10.1. The third-order valence-corrected chi connectivity index (χ3v) is 1.59. The zero-order chi connectivity index (χ0) is 7.28. The van der Waals surface area contributed by atoms with E-state index in [9.17, 15) is 4.79 Å². The van der Waals surface area contributed by atoms with Crippen LogP contribution in [0.5, 0.6) is 0 Å². The summed E-state index contributed by atoms with van der Waals surface area (Å²) in [4.78, 5) is 10.1. The monoisotopic (exact) mass is 151 g/mol. The maximum Gasteiger partial charge on any atom is 0.320 e. The van der Waals surface area contributed by atoms with Gasteiger partial charge in [-0.1, -0.05) is 0 Å². The van der Waals surface area contributed by atoms with Gasteiger partial charge < -0.3 is 10.8 Å². The third-order valence-electron chi connectivity index (χ3n) is 0.950. The molecule has 54 valence electrons. The van der Waals surface area contributed by atoms with Crippen LogP contribution in [0.2, 0.25) is 0 Å². The van der Waals surface area contributed by atoms with E-state index >= 15 is 0 Å². The molecule has 0 aromatic rings. The van der Waals surface area contributed by atoms with E-state index in [4.69, 9.17) is 10.8 Å². The van der Waals surface area contributed by atoms with Crippen molar-refractivity contribution in [3.05, 3.63) is 0 Å². The van der Waals surface area contributed by atoms with Gasteiger partial charge in [0.15, 0.2) is 0 Å². The predicted octanol–water partition coefficient (Wildman–Crippen LogP) is 0.151. The summed E-state index contributed by atoms with van der Waals surface area (Å²) in [6.45, 7) is 0. The van der Waals surface area contributed by atoms with Crippen molar-refractivity contribution < 1.29 is 9.90 Å². The van der Waals surface area contributed by atoms with Crippen molar-refractivity contribution in [3.8, 4) is 0 Å².